The third-order valence-electron chi connectivity index (χ3n) is 2.59. The van der Waals surface area contributed by atoms with Gasteiger partial charge in [-0.05, 0) is 43.5 Å². The molecule has 1 atom stereocenters. The Morgan fingerprint density at radius 2 is 2.00 bits per heavy atom. The van der Waals surface area contributed by atoms with E-state index in [2.05, 4.69) is 31.2 Å². The maximum Gasteiger partial charge on any atom is 0.0449 e. The number of nitrogens with zero attached hydrogens (tertiary/aromatic N) is 1. The average molecular weight is 201 g/mol. The molecule has 0 aliphatic carbocycles. The van der Waals surface area contributed by atoms with E-state index < -0.39 is 0 Å². The van der Waals surface area contributed by atoms with Crippen molar-refractivity contribution in [3.8, 4) is 5.69 Å². The highest BCUT2D eigenvalue weighted by atomic mass is 14.9. The Balaban J connectivity index is 2.42. The van der Waals surface area contributed by atoms with E-state index in [4.69, 9.17) is 2.74 Å². The van der Waals surface area contributed by atoms with E-state index in [1.165, 1.54) is 5.56 Å². The fourth-order valence-corrected chi connectivity index (χ4v) is 1.64. The van der Waals surface area contributed by atoms with Crippen LogP contribution in [0.1, 0.15) is 26.4 Å². The van der Waals surface area contributed by atoms with Crippen molar-refractivity contribution in [2.45, 2.75) is 27.1 Å². The zero-order valence-corrected chi connectivity index (χ0v) is 9.20. The number of rotatable bonds is 2. The van der Waals surface area contributed by atoms with Gasteiger partial charge in [-0.2, -0.15) is 0 Å². The summed E-state index contributed by atoms with van der Waals surface area (Å²) in [6.07, 6.45) is 3.64. The van der Waals surface area contributed by atoms with Crippen molar-refractivity contribution in [2.75, 3.05) is 0 Å². The van der Waals surface area contributed by atoms with Gasteiger partial charge in [0.1, 0.15) is 0 Å². The van der Waals surface area contributed by atoms with Crippen LogP contribution < -0.4 is 0 Å². The molecule has 0 radical (unpaired) electrons. The first-order valence-electron chi connectivity index (χ1n) is 6.39. The first-order valence-corrected chi connectivity index (χ1v) is 5.11. The Morgan fingerprint density at radius 3 is 2.53 bits per heavy atom. The Bertz CT molecular complexity index is 497. The van der Waals surface area contributed by atoms with Gasteiger partial charge < -0.3 is 4.57 Å². The van der Waals surface area contributed by atoms with E-state index in [0.29, 0.717) is 0 Å². The van der Waals surface area contributed by atoms with Crippen LogP contribution >= 0.6 is 0 Å². The van der Waals surface area contributed by atoms with E-state index in [0.717, 1.165) is 16.8 Å². The van der Waals surface area contributed by atoms with Crippen LogP contribution in [-0.2, 0) is 6.40 Å². The second-order valence-electron chi connectivity index (χ2n) is 3.77. The summed E-state index contributed by atoms with van der Waals surface area (Å²) in [6, 6.07) is 8.25. The number of hydrogen-bond acceptors (Lipinski definition) is 0. The molecule has 1 heteroatoms. The summed E-state index contributed by atoms with van der Waals surface area (Å²) in [5.74, 6) is 0. The predicted octanol–water partition coefficient (Wildman–Crippen LogP) is 3.66. The van der Waals surface area contributed by atoms with Crippen LogP contribution in [0.2, 0.25) is 0 Å². The summed E-state index contributed by atoms with van der Waals surface area (Å²) in [4.78, 5) is 0. The number of aromatic nitrogens is 1. The molecule has 1 heterocycles. The fourth-order valence-electron chi connectivity index (χ4n) is 1.64. The minimum atomic E-state index is -0.276. The third kappa shape index (κ3) is 1.96. The molecule has 0 saturated heterocycles. The van der Waals surface area contributed by atoms with Gasteiger partial charge in [-0.25, -0.2) is 0 Å². The van der Waals surface area contributed by atoms with Gasteiger partial charge in [-0.15, -0.1) is 0 Å². The lowest BCUT2D eigenvalue weighted by atomic mass is 10.2. The zero-order valence-electron chi connectivity index (χ0n) is 11.2. The largest absolute Gasteiger partial charge is 0.323 e. The second kappa shape index (κ2) is 3.93. The molecule has 1 aromatic carbocycles. The first kappa shape index (κ1) is 7.75. The van der Waals surface area contributed by atoms with E-state index in [1.807, 2.05) is 23.9 Å². The molecule has 0 amide bonds. The number of benzene rings is 1. The highest BCUT2D eigenvalue weighted by Crippen LogP contribution is 2.16. The Hall–Kier alpha value is -1.50. The lowest BCUT2D eigenvalue weighted by Gasteiger charge is -2.02. The van der Waals surface area contributed by atoms with Gasteiger partial charge in [-0.1, -0.05) is 24.6 Å². The molecule has 0 saturated carbocycles. The first-order chi connectivity index (χ1) is 8.11. The van der Waals surface area contributed by atoms with Gasteiger partial charge in [0.15, 0.2) is 0 Å². The monoisotopic (exact) mass is 201 g/mol. The maximum atomic E-state index is 7.78. The van der Waals surface area contributed by atoms with Crippen LogP contribution in [0.3, 0.4) is 0 Å². The summed E-state index contributed by atoms with van der Waals surface area (Å²) < 4.78 is 17.3. The van der Waals surface area contributed by atoms with Gasteiger partial charge in [0, 0.05) is 20.8 Å². The number of aryl methyl sites for hydroxylation is 3. The van der Waals surface area contributed by atoms with E-state index >= 15 is 0 Å². The molecule has 0 aliphatic rings. The van der Waals surface area contributed by atoms with Crippen molar-refractivity contribution >= 4 is 0 Å². The van der Waals surface area contributed by atoms with E-state index in [-0.39, 0.29) is 13.3 Å². The topological polar surface area (TPSA) is 4.93 Å². The van der Waals surface area contributed by atoms with Crippen LogP contribution in [0.4, 0.5) is 0 Å². The fraction of sp³-hybridized carbons (Fsp3) is 0.286. The van der Waals surface area contributed by atoms with E-state index in [1.54, 1.807) is 0 Å². The molecule has 78 valence electrons. The molecule has 1 aromatic heterocycles. The minimum absolute atomic E-state index is 0.234. The van der Waals surface area contributed by atoms with Gasteiger partial charge in [-0.3, -0.25) is 0 Å². The quantitative estimate of drug-likeness (QED) is 0.699. The zero-order chi connectivity index (χ0) is 12.4. The molecule has 15 heavy (non-hydrogen) atoms. The van der Waals surface area contributed by atoms with Crippen molar-refractivity contribution in [3.63, 3.8) is 0 Å². The normalized spacial score (nSPS) is 14.5. The summed E-state index contributed by atoms with van der Waals surface area (Å²) >= 11 is 0. The SMILES string of the molecule is [2H]Cc1cn(-c2ccc(C)cc2)cc1C([2H])C. The van der Waals surface area contributed by atoms with Crippen molar-refractivity contribution < 1.29 is 2.74 Å². The minimum Gasteiger partial charge on any atom is -0.323 e. The summed E-state index contributed by atoms with van der Waals surface area (Å²) in [6.45, 7) is 4.14. The standard InChI is InChI=1S/C14H17N/c1-4-13-10-15(9-12(13)3)14-7-5-11(2)6-8-14/h5-10H,4H2,1-3H3/i3D,4D. The predicted molar refractivity (Wildman–Crippen MR) is 64.6 cm³/mol. The van der Waals surface area contributed by atoms with Crippen molar-refractivity contribution in [1.29, 1.82) is 0 Å². The molecule has 0 spiro atoms. The van der Waals surface area contributed by atoms with Crippen molar-refractivity contribution in [3.05, 3.63) is 53.3 Å². The summed E-state index contributed by atoms with van der Waals surface area (Å²) in [7, 11) is 0. The van der Waals surface area contributed by atoms with Gasteiger partial charge >= 0.3 is 0 Å². The second-order valence-corrected chi connectivity index (χ2v) is 3.77. The van der Waals surface area contributed by atoms with Gasteiger partial charge in [0.2, 0.25) is 0 Å². The van der Waals surface area contributed by atoms with Crippen LogP contribution in [0.15, 0.2) is 36.7 Å². The van der Waals surface area contributed by atoms with Crippen LogP contribution in [0.25, 0.3) is 5.69 Å². The molecular weight excluding hydrogens is 182 g/mol. The molecule has 1 nitrogen and oxygen atoms in total. The molecule has 0 aliphatic heterocycles. The van der Waals surface area contributed by atoms with E-state index in [9.17, 15) is 0 Å². The lowest BCUT2D eigenvalue weighted by molar-refractivity contribution is 1.05. The smallest absolute Gasteiger partial charge is 0.0449 e. The molecule has 0 fully saturated rings. The Kier molecular flexibility index (Phi) is 2.03. The molecular formula is C14H17N. The molecule has 0 bridgehead atoms. The van der Waals surface area contributed by atoms with Gasteiger partial charge in [0.25, 0.3) is 0 Å². The third-order valence-corrected chi connectivity index (χ3v) is 2.59. The van der Waals surface area contributed by atoms with Crippen molar-refractivity contribution in [2.24, 2.45) is 0 Å². The average Bonchev–Trinajstić information content (AvgIpc) is 2.74. The molecule has 2 aromatic rings. The molecule has 1 unspecified atom stereocenters. The maximum absolute atomic E-state index is 7.78. The number of hydrogen-bond donors (Lipinski definition) is 0. The molecule has 0 N–H and O–H groups in total. The Labute approximate surface area is 94.2 Å². The molecule has 2 rings (SSSR count). The summed E-state index contributed by atoms with van der Waals surface area (Å²) in [5.41, 5.74) is 4.20. The van der Waals surface area contributed by atoms with Crippen LogP contribution in [-0.4, -0.2) is 4.57 Å². The van der Waals surface area contributed by atoms with Crippen molar-refractivity contribution in [1.82, 2.24) is 4.57 Å². The van der Waals surface area contributed by atoms with Gasteiger partial charge in [0.05, 0.1) is 0 Å². The highest BCUT2D eigenvalue weighted by Gasteiger charge is 2.01. The highest BCUT2D eigenvalue weighted by molar-refractivity contribution is 5.38. The van der Waals surface area contributed by atoms with Crippen LogP contribution in [0.5, 0.6) is 0 Å². The summed E-state index contributed by atoms with van der Waals surface area (Å²) in [5, 5.41) is 0. The van der Waals surface area contributed by atoms with Crippen LogP contribution in [0, 0.1) is 13.8 Å². The Morgan fingerprint density at radius 1 is 1.27 bits per heavy atom. The lowest BCUT2D eigenvalue weighted by Crippen LogP contribution is -1.89.